The summed E-state index contributed by atoms with van der Waals surface area (Å²) in [7, 11) is -3.93. The molecule has 0 saturated heterocycles. The normalized spacial score (nSPS) is 13.6. The number of aromatic hydroxyl groups is 1. The molecule has 2 aromatic carbocycles. The highest BCUT2D eigenvalue weighted by atomic mass is 32.2. The van der Waals surface area contributed by atoms with Crippen LogP contribution in [0.4, 0.5) is 5.69 Å². The van der Waals surface area contributed by atoms with Gasteiger partial charge in [0.15, 0.2) is 0 Å². The number of hydrogen-bond acceptors (Lipinski definition) is 5. The van der Waals surface area contributed by atoms with E-state index < -0.39 is 21.8 Å². The molecule has 0 unspecified atom stereocenters. The van der Waals surface area contributed by atoms with Gasteiger partial charge in [-0.3, -0.25) is 19.6 Å². The third-order valence-corrected chi connectivity index (χ3v) is 4.84. The van der Waals surface area contributed by atoms with Crippen molar-refractivity contribution >= 4 is 27.5 Å². The van der Waals surface area contributed by atoms with Gasteiger partial charge < -0.3 is 5.11 Å². The Balaban J connectivity index is 1.99. The Kier molecular flexibility index (Phi) is 3.33. The van der Waals surface area contributed by atoms with Crippen molar-refractivity contribution in [3.63, 3.8) is 0 Å². The van der Waals surface area contributed by atoms with E-state index in [1.807, 2.05) is 0 Å². The van der Waals surface area contributed by atoms with E-state index in [1.54, 1.807) is 6.92 Å². The number of imide groups is 1. The summed E-state index contributed by atoms with van der Waals surface area (Å²) >= 11 is 0. The van der Waals surface area contributed by atoms with Crippen LogP contribution in [0.5, 0.6) is 5.75 Å². The van der Waals surface area contributed by atoms with Gasteiger partial charge in [0.2, 0.25) is 0 Å². The molecule has 0 atom stereocenters. The highest BCUT2D eigenvalue weighted by molar-refractivity contribution is 7.92. The van der Waals surface area contributed by atoms with Crippen molar-refractivity contribution in [2.75, 3.05) is 4.72 Å². The Morgan fingerprint density at radius 2 is 1.70 bits per heavy atom. The van der Waals surface area contributed by atoms with Crippen molar-refractivity contribution in [2.24, 2.45) is 0 Å². The zero-order valence-electron chi connectivity index (χ0n) is 12.0. The lowest BCUT2D eigenvalue weighted by Crippen LogP contribution is -2.20. The van der Waals surface area contributed by atoms with Crippen LogP contribution in [0, 0.1) is 6.92 Å². The first-order chi connectivity index (χ1) is 10.8. The summed E-state index contributed by atoms with van der Waals surface area (Å²) in [6, 6.07) is 7.94. The second-order valence-electron chi connectivity index (χ2n) is 5.10. The molecule has 8 heteroatoms. The second-order valence-corrected chi connectivity index (χ2v) is 6.78. The van der Waals surface area contributed by atoms with Crippen molar-refractivity contribution in [3.8, 4) is 5.75 Å². The van der Waals surface area contributed by atoms with Crippen LogP contribution >= 0.6 is 0 Å². The number of hydrogen-bond donors (Lipinski definition) is 3. The van der Waals surface area contributed by atoms with Crippen molar-refractivity contribution in [3.05, 3.63) is 53.1 Å². The smallest absolute Gasteiger partial charge is 0.261 e. The van der Waals surface area contributed by atoms with Crippen LogP contribution in [0.15, 0.2) is 41.3 Å². The number of aryl methyl sites for hydroxylation is 1. The number of nitrogens with one attached hydrogen (secondary N) is 2. The minimum Gasteiger partial charge on any atom is -0.508 e. The van der Waals surface area contributed by atoms with Crippen molar-refractivity contribution in [1.82, 2.24) is 5.32 Å². The largest absolute Gasteiger partial charge is 0.508 e. The maximum absolute atomic E-state index is 12.4. The Morgan fingerprint density at radius 1 is 1.00 bits per heavy atom. The van der Waals surface area contributed by atoms with Crippen LogP contribution < -0.4 is 10.0 Å². The molecule has 23 heavy (non-hydrogen) atoms. The first-order valence-electron chi connectivity index (χ1n) is 6.60. The summed E-state index contributed by atoms with van der Waals surface area (Å²) in [6.07, 6.45) is 0. The standard InChI is InChI=1S/C15H12N2O5S/c1-8-6-9(18)2-5-13(8)17-23(21,22)10-3-4-11-12(7-10)15(20)16-14(11)19/h2-7,17-18H,1H3,(H,16,19,20). The summed E-state index contributed by atoms with van der Waals surface area (Å²) < 4.78 is 27.3. The third kappa shape index (κ3) is 2.64. The zero-order chi connectivity index (χ0) is 16.8. The van der Waals surface area contributed by atoms with Gasteiger partial charge in [0.05, 0.1) is 21.7 Å². The molecule has 0 aliphatic carbocycles. The number of phenolic OH excluding ortho intramolecular Hbond substituents is 1. The van der Waals surface area contributed by atoms with Crippen LogP contribution in [0.3, 0.4) is 0 Å². The van der Waals surface area contributed by atoms with E-state index in [0.29, 0.717) is 11.3 Å². The minimum absolute atomic E-state index is 0.0261. The fourth-order valence-corrected chi connectivity index (χ4v) is 3.44. The van der Waals surface area contributed by atoms with Gasteiger partial charge in [0.25, 0.3) is 21.8 Å². The topological polar surface area (TPSA) is 113 Å². The molecule has 0 fully saturated rings. The molecule has 0 saturated carbocycles. The van der Waals surface area contributed by atoms with Crippen LogP contribution in [-0.4, -0.2) is 25.3 Å². The number of benzene rings is 2. The number of sulfonamides is 1. The van der Waals surface area contributed by atoms with Gasteiger partial charge in [-0.25, -0.2) is 8.42 Å². The number of phenols is 1. The summed E-state index contributed by atoms with van der Waals surface area (Å²) in [5, 5.41) is 11.5. The summed E-state index contributed by atoms with van der Waals surface area (Å²) in [4.78, 5) is 23.0. The molecule has 0 aromatic heterocycles. The van der Waals surface area contributed by atoms with E-state index >= 15 is 0 Å². The van der Waals surface area contributed by atoms with Gasteiger partial charge in [-0.2, -0.15) is 0 Å². The maximum atomic E-state index is 12.4. The fraction of sp³-hybridized carbons (Fsp3) is 0.0667. The SMILES string of the molecule is Cc1cc(O)ccc1NS(=O)(=O)c1ccc2c(c1)C(=O)NC2=O. The molecule has 1 aliphatic heterocycles. The molecule has 1 aliphatic rings. The highest BCUT2D eigenvalue weighted by Gasteiger charge is 2.28. The van der Waals surface area contributed by atoms with Crippen LogP contribution in [0.2, 0.25) is 0 Å². The van der Waals surface area contributed by atoms with E-state index in [-0.39, 0.29) is 21.8 Å². The van der Waals surface area contributed by atoms with Crippen LogP contribution in [0.1, 0.15) is 26.3 Å². The predicted octanol–water partition coefficient (Wildman–Crippen LogP) is 1.39. The van der Waals surface area contributed by atoms with Crippen molar-refractivity contribution in [2.45, 2.75) is 11.8 Å². The van der Waals surface area contributed by atoms with Crippen molar-refractivity contribution < 1.29 is 23.1 Å². The number of anilines is 1. The first kappa shape index (κ1) is 15.0. The van der Waals surface area contributed by atoms with Gasteiger partial charge in [0, 0.05) is 0 Å². The highest BCUT2D eigenvalue weighted by Crippen LogP contribution is 2.25. The van der Waals surface area contributed by atoms with Gasteiger partial charge in [0.1, 0.15) is 5.75 Å². The molecular formula is C15H12N2O5S. The van der Waals surface area contributed by atoms with E-state index in [2.05, 4.69) is 10.0 Å². The van der Waals surface area contributed by atoms with E-state index in [4.69, 9.17) is 0 Å². The lowest BCUT2D eigenvalue weighted by atomic mass is 10.1. The lowest BCUT2D eigenvalue weighted by molar-refractivity contribution is 0.0879. The van der Waals surface area contributed by atoms with Gasteiger partial charge in [-0.15, -0.1) is 0 Å². The van der Waals surface area contributed by atoms with Crippen LogP contribution in [-0.2, 0) is 10.0 Å². The van der Waals surface area contributed by atoms with Crippen molar-refractivity contribution in [1.29, 1.82) is 0 Å². The zero-order valence-corrected chi connectivity index (χ0v) is 12.8. The summed E-state index contributed by atoms with van der Waals surface area (Å²) in [5.74, 6) is -1.14. The van der Waals surface area contributed by atoms with E-state index in [1.165, 1.54) is 30.3 Å². The quantitative estimate of drug-likeness (QED) is 0.581. The van der Waals surface area contributed by atoms with Gasteiger partial charge >= 0.3 is 0 Å². The minimum atomic E-state index is -3.93. The Morgan fingerprint density at radius 3 is 2.39 bits per heavy atom. The third-order valence-electron chi connectivity index (χ3n) is 3.47. The molecule has 7 nitrogen and oxygen atoms in total. The average Bonchev–Trinajstić information content (AvgIpc) is 2.77. The molecule has 2 amide bonds. The fourth-order valence-electron chi connectivity index (χ4n) is 2.28. The average molecular weight is 332 g/mol. The Bertz CT molecular complexity index is 950. The number of carbonyl (C=O) groups is 2. The van der Waals surface area contributed by atoms with Gasteiger partial charge in [-0.1, -0.05) is 0 Å². The predicted molar refractivity (Wildman–Crippen MR) is 81.9 cm³/mol. The molecule has 0 radical (unpaired) electrons. The monoisotopic (exact) mass is 332 g/mol. The number of carbonyl (C=O) groups excluding carboxylic acids is 2. The van der Waals surface area contributed by atoms with E-state index in [9.17, 15) is 23.1 Å². The molecular weight excluding hydrogens is 320 g/mol. The molecule has 118 valence electrons. The summed E-state index contributed by atoms with van der Waals surface area (Å²) in [6.45, 7) is 1.65. The lowest BCUT2D eigenvalue weighted by Gasteiger charge is -2.11. The second kappa shape index (κ2) is 5.10. The summed E-state index contributed by atoms with van der Waals surface area (Å²) in [5.41, 5.74) is 1.03. The number of amides is 2. The molecule has 3 N–H and O–H groups in total. The Hall–Kier alpha value is -2.87. The molecule has 1 heterocycles. The molecule has 0 spiro atoms. The molecule has 0 bridgehead atoms. The van der Waals surface area contributed by atoms with Crippen LogP contribution in [0.25, 0.3) is 0 Å². The number of rotatable bonds is 3. The molecule has 2 aromatic rings. The van der Waals surface area contributed by atoms with E-state index in [0.717, 1.165) is 6.07 Å². The number of fused-ring (bicyclic) bond motifs is 1. The Labute approximate surface area is 132 Å². The van der Waals surface area contributed by atoms with Gasteiger partial charge in [-0.05, 0) is 48.9 Å². The molecule has 3 rings (SSSR count). The maximum Gasteiger partial charge on any atom is 0.261 e. The first-order valence-corrected chi connectivity index (χ1v) is 8.08.